The molecule has 0 aromatic heterocycles. The van der Waals surface area contributed by atoms with Gasteiger partial charge in [-0.15, -0.1) is 0 Å². The molecule has 2 aliphatic carbocycles. The Labute approximate surface area is 207 Å². The molecule has 0 N–H and O–H groups in total. The average Bonchev–Trinajstić information content (AvgIpc) is 3.11. The molecule has 5 rings (SSSR count). The quantitative estimate of drug-likeness (QED) is 0.526. The fourth-order valence-electron chi connectivity index (χ4n) is 5.98. The van der Waals surface area contributed by atoms with Crippen molar-refractivity contribution >= 4 is 25.8 Å². The molecule has 3 atom stereocenters. The van der Waals surface area contributed by atoms with Gasteiger partial charge >= 0.3 is 7.12 Å². The van der Waals surface area contributed by atoms with Crippen molar-refractivity contribution in [3.05, 3.63) is 72.2 Å². The van der Waals surface area contributed by atoms with Crippen molar-refractivity contribution in [1.82, 2.24) is 0 Å². The standard InChI is InChI=1S/C29H39BO3Si/c1-27(2,3)34(22-14-10-8-11-15-22,23-16-12-9-13-17-23)31-20-26-24-18-21(19-25(24)26)30-32-28(4,5)29(6,7)33-30/h8-18,24-26H,19-20H2,1-7H3/t24-,25+,26+/m1/s1. The van der Waals surface area contributed by atoms with Crippen LogP contribution in [0.3, 0.4) is 0 Å². The predicted molar refractivity (Wildman–Crippen MR) is 143 cm³/mol. The first-order valence-corrected chi connectivity index (χ1v) is 14.7. The maximum Gasteiger partial charge on any atom is 0.490 e. The van der Waals surface area contributed by atoms with Crippen LogP contribution in [0.25, 0.3) is 0 Å². The van der Waals surface area contributed by atoms with Gasteiger partial charge < -0.3 is 13.7 Å². The molecule has 0 radical (unpaired) electrons. The van der Waals surface area contributed by atoms with Gasteiger partial charge in [-0.05, 0) is 72.8 Å². The van der Waals surface area contributed by atoms with Crippen LogP contribution in [-0.2, 0) is 13.7 Å². The van der Waals surface area contributed by atoms with E-state index in [4.69, 9.17) is 13.7 Å². The normalized spacial score (nSPS) is 27.4. The molecule has 5 heteroatoms. The molecule has 0 unspecified atom stereocenters. The molecule has 3 nitrogen and oxygen atoms in total. The van der Waals surface area contributed by atoms with E-state index in [1.165, 1.54) is 15.8 Å². The third-order valence-corrected chi connectivity index (χ3v) is 13.7. The summed E-state index contributed by atoms with van der Waals surface area (Å²) >= 11 is 0. The molecule has 1 saturated carbocycles. The van der Waals surface area contributed by atoms with E-state index in [0.717, 1.165) is 13.0 Å². The average molecular weight is 475 g/mol. The summed E-state index contributed by atoms with van der Waals surface area (Å²) in [6, 6.07) is 21.9. The van der Waals surface area contributed by atoms with Crippen molar-refractivity contribution in [2.75, 3.05) is 6.61 Å². The zero-order chi connectivity index (χ0) is 24.4. The van der Waals surface area contributed by atoms with E-state index in [1.54, 1.807) is 0 Å². The Bertz CT molecular complexity index is 1000. The lowest BCUT2D eigenvalue weighted by Crippen LogP contribution is -2.66. The highest BCUT2D eigenvalue weighted by molar-refractivity contribution is 6.99. The Hall–Kier alpha value is -1.66. The minimum absolute atomic E-state index is 0.0173. The molecular formula is C29H39BO3Si. The Morgan fingerprint density at radius 2 is 1.38 bits per heavy atom. The zero-order valence-corrected chi connectivity index (χ0v) is 22.8. The molecule has 0 bridgehead atoms. The molecule has 2 aromatic rings. The van der Waals surface area contributed by atoms with Crippen LogP contribution in [0.2, 0.25) is 5.04 Å². The lowest BCUT2D eigenvalue weighted by atomic mass is 9.76. The van der Waals surface area contributed by atoms with Crippen molar-refractivity contribution in [3.63, 3.8) is 0 Å². The third kappa shape index (κ3) is 3.85. The summed E-state index contributed by atoms with van der Waals surface area (Å²) in [5.74, 6) is 1.84. The molecule has 2 aromatic carbocycles. The van der Waals surface area contributed by atoms with Crippen LogP contribution >= 0.6 is 0 Å². The molecular weight excluding hydrogens is 435 g/mol. The summed E-state index contributed by atoms with van der Waals surface area (Å²) in [5.41, 5.74) is 0.768. The largest absolute Gasteiger partial charge is 0.490 e. The summed E-state index contributed by atoms with van der Waals surface area (Å²) < 4.78 is 19.8. The van der Waals surface area contributed by atoms with Crippen LogP contribution in [-0.4, -0.2) is 33.2 Å². The highest BCUT2D eigenvalue weighted by Crippen LogP contribution is 2.58. The lowest BCUT2D eigenvalue weighted by molar-refractivity contribution is 0.00578. The third-order valence-electron chi connectivity index (χ3n) is 8.74. The van der Waals surface area contributed by atoms with E-state index in [2.05, 4.69) is 115 Å². The highest BCUT2D eigenvalue weighted by Gasteiger charge is 2.60. The Morgan fingerprint density at radius 3 is 1.79 bits per heavy atom. The van der Waals surface area contributed by atoms with E-state index in [1.807, 2.05) is 0 Å². The van der Waals surface area contributed by atoms with Gasteiger partial charge in [-0.2, -0.15) is 0 Å². The molecule has 1 heterocycles. The second-order valence-corrected chi connectivity index (χ2v) is 16.7. The molecule has 3 aliphatic rings. The summed E-state index contributed by atoms with van der Waals surface area (Å²) in [6.45, 7) is 16.4. The van der Waals surface area contributed by atoms with E-state index in [9.17, 15) is 0 Å². The van der Waals surface area contributed by atoms with Crippen LogP contribution in [0.5, 0.6) is 0 Å². The molecule has 0 spiro atoms. The number of benzene rings is 2. The fourth-order valence-corrected chi connectivity index (χ4v) is 10.6. The van der Waals surface area contributed by atoms with E-state index < -0.39 is 8.32 Å². The van der Waals surface area contributed by atoms with Crippen LogP contribution in [0.4, 0.5) is 0 Å². The fraction of sp³-hybridized carbons (Fsp3) is 0.517. The molecule has 1 aliphatic heterocycles. The van der Waals surface area contributed by atoms with Crippen LogP contribution in [0, 0.1) is 17.8 Å². The van der Waals surface area contributed by atoms with Crippen LogP contribution < -0.4 is 10.4 Å². The smallest absolute Gasteiger partial charge is 0.407 e. The molecule has 2 fully saturated rings. The number of hydrogen-bond acceptors (Lipinski definition) is 3. The minimum atomic E-state index is -2.47. The maximum absolute atomic E-state index is 7.20. The second kappa shape index (κ2) is 8.19. The number of fused-ring (bicyclic) bond motifs is 1. The van der Waals surface area contributed by atoms with E-state index >= 15 is 0 Å². The van der Waals surface area contributed by atoms with Gasteiger partial charge in [0, 0.05) is 6.61 Å². The van der Waals surface area contributed by atoms with Crippen molar-refractivity contribution < 1.29 is 13.7 Å². The van der Waals surface area contributed by atoms with Crippen molar-refractivity contribution in [3.8, 4) is 0 Å². The Morgan fingerprint density at radius 1 is 0.882 bits per heavy atom. The van der Waals surface area contributed by atoms with E-state index in [-0.39, 0.29) is 23.4 Å². The van der Waals surface area contributed by atoms with Gasteiger partial charge in [-0.1, -0.05) is 87.5 Å². The van der Waals surface area contributed by atoms with Gasteiger partial charge in [0.05, 0.1) is 11.2 Å². The minimum Gasteiger partial charge on any atom is -0.407 e. The Balaban J connectivity index is 1.36. The SMILES string of the molecule is CC1(C)OB(C2=C[C@H]3[C@H](CO[Si](c4ccccc4)(c4ccccc4)C(C)(C)C)[C@H]3C2)OC1(C)C. The topological polar surface area (TPSA) is 27.7 Å². The summed E-state index contributed by atoms with van der Waals surface area (Å²) in [6.07, 6.45) is 3.50. The highest BCUT2D eigenvalue weighted by atomic mass is 28.4. The number of allylic oxidation sites excluding steroid dienone is 2. The first-order chi connectivity index (χ1) is 16.0. The van der Waals surface area contributed by atoms with Gasteiger partial charge in [0.15, 0.2) is 0 Å². The van der Waals surface area contributed by atoms with Crippen molar-refractivity contribution in [2.45, 2.75) is 71.1 Å². The summed E-state index contributed by atoms with van der Waals surface area (Å²) in [5, 5.41) is 2.73. The maximum atomic E-state index is 7.20. The lowest BCUT2D eigenvalue weighted by Gasteiger charge is -2.43. The Kier molecular flexibility index (Phi) is 5.80. The zero-order valence-electron chi connectivity index (χ0n) is 21.8. The van der Waals surface area contributed by atoms with Gasteiger partial charge in [-0.25, -0.2) is 0 Å². The molecule has 34 heavy (non-hydrogen) atoms. The molecule has 180 valence electrons. The monoisotopic (exact) mass is 474 g/mol. The van der Waals surface area contributed by atoms with Gasteiger partial charge in [0.2, 0.25) is 0 Å². The molecule has 1 saturated heterocycles. The van der Waals surface area contributed by atoms with Crippen molar-refractivity contribution in [1.29, 1.82) is 0 Å². The number of rotatable bonds is 6. The summed E-state index contributed by atoms with van der Waals surface area (Å²) in [4.78, 5) is 0. The van der Waals surface area contributed by atoms with Crippen LogP contribution in [0.15, 0.2) is 72.2 Å². The number of hydrogen-bond donors (Lipinski definition) is 0. The van der Waals surface area contributed by atoms with Gasteiger partial charge in [0.25, 0.3) is 8.32 Å². The predicted octanol–water partition coefficient (Wildman–Crippen LogP) is 5.39. The van der Waals surface area contributed by atoms with E-state index in [0.29, 0.717) is 17.8 Å². The van der Waals surface area contributed by atoms with Gasteiger partial charge in [0.1, 0.15) is 0 Å². The summed E-state index contributed by atoms with van der Waals surface area (Å²) in [7, 11) is -2.67. The first-order valence-electron chi connectivity index (χ1n) is 12.8. The second-order valence-electron chi connectivity index (χ2n) is 12.4. The van der Waals surface area contributed by atoms with Gasteiger partial charge in [-0.3, -0.25) is 0 Å². The first kappa shape index (κ1) is 24.1. The molecule has 0 amide bonds. The van der Waals surface area contributed by atoms with Crippen molar-refractivity contribution in [2.24, 2.45) is 17.8 Å². The van der Waals surface area contributed by atoms with Crippen LogP contribution in [0.1, 0.15) is 54.9 Å².